The lowest BCUT2D eigenvalue weighted by atomic mass is 10.1. The van der Waals surface area contributed by atoms with Gasteiger partial charge in [-0.25, -0.2) is 13.4 Å². The number of hydrogen-bond donors (Lipinski definition) is 1. The Morgan fingerprint density at radius 1 is 1.26 bits per heavy atom. The molecule has 1 saturated heterocycles. The molecule has 1 aliphatic heterocycles. The Labute approximate surface area is 145 Å². The maximum Gasteiger partial charge on any atom is 0.262 e. The molecule has 1 aliphatic carbocycles. The number of nitrogens with one attached hydrogen (secondary N) is 1. The number of piperidine rings is 1. The van der Waals surface area contributed by atoms with Crippen molar-refractivity contribution in [3.8, 4) is 0 Å². The van der Waals surface area contributed by atoms with Crippen molar-refractivity contribution in [2.45, 2.75) is 57.1 Å². The molecule has 0 bridgehead atoms. The molecule has 23 heavy (non-hydrogen) atoms. The van der Waals surface area contributed by atoms with Crippen molar-refractivity contribution in [3.63, 3.8) is 0 Å². The first kappa shape index (κ1) is 18.7. The third-order valence-electron chi connectivity index (χ3n) is 4.74. The van der Waals surface area contributed by atoms with Crippen LogP contribution in [0.3, 0.4) is 0 Å². The maximum absolute atomic E-state index is 12.7. The maximum atomic E-state index is 12.7. The Bertz CT molecular complexity index is 619. The van der Waals surface area contributed by atoms with Gasteiger partial charge in [0.05, 0.1) is 0 Å². The van der Waals surface area contributed by atoms with E-state index < -0.39 is 10.0 Å². The minimum absolute atomic E-state index is 0. The van der Waals surface area contributed by atoms with Gasteiger partial charge in [-0.15, -0.1) is 12.4 Å². The molecule has 132 valence electrons. The highest BCUT2D eigenvalue weighted by Gasteiger charge is 2.32. The van der Waals surface area contributed by atoms with E-state index in [2.05, 4.69) is 10.3 Å². The molecule has 6 nitrogen and oxygen atoms in total. The van der Waals surface area contributed by atoms with Gasteiger partial charge in [-0.05, 0) is 52.0 Å². The van der Waals surface area contributed by atoms with Crippen LogP contribution in [0.15, 0.2) is 11.2 Å². The predicted molar refractivity (Wildman–Crippen MR) is 92.4 cm³/mol. The number of halogens is 1. The number of aromatic nitrogens is 2. The molecular weight excluding hydrogens is 336 g/mol. The van der Waals surface area contributed by atoms with Crippen LogP contribution in [0.1, 0.15) is 38.4 Å². The van der Waals surface area contributed by atoms with E-state index in [1.807, 2.05) is 18.4 Å². The summed E-state index contributed by atoms with van der Waals surface area (Å²) in [6, 6.07) is 0.460. The summed E-state index contributed by atoms with van der Waals surface area (Å²) in [6.45, 7) is 6.84. The first-order valence-corrected chi connectivity index (χ1v) is 9.72. The molecule has 1 aromatic heterocycles. The van der Waals surface area contributed by atoms with E-state index in [0.717, 1.165) is 37.7 Å². The second kappa shape index (κ2) is 7.51. The van der Waals surface area contributed by atoms with E-state index in [0.29, 0.717) is 19.1 Å². The number of nitrogens with zero attached hydrogens (tertiary/aromatic N) is 3. The first-order valence-electron chi connectivity index (χ1n) is 8.28. The van der Waals surface area contributed by atoms with E-state index in [4.69, 9.17) is 0 Å². The standard InChI is InChI=1S/C15H26N4O2S.ClH/c1-3-18-11-15(17-12(18)2)22(20,21)19-8-6-14(7-9-19)16-10-13-4-5-13;/h11,13-14,16H,3-10H2,1-2H3;1H. The lowest BCUT2D eigenvalue weighted by Crippen LogP contribution is -2.45. The Morgan fingerprint density at radius 2 is 1.91 bits per heavy atom. The van der Waals surface area contributed by atoms with Crippen LogP contribution >= 0.6 is 12.4 Å². The molecule has 1 saturated carbocycles. The van der Waals surface area contributed by atoms with Crippen LogP contribution < -0.4 is 5.32 Å². The molecule has 0 radical (unpaired) electrons. The Morgan fingerprint density at radius 3 is 2.43 bits per heavy atom. The zero-order valence-corrected chi connectivity index (χ0v) is 15.5. The van der Waals surface area contributed by atoms with Gasteiger partial charge in [0.1, 0.15) is 5.82 Å². The SMILES string of the molecule is CCn1cc(S(=O)(=O)N2CCC(NCC3CC3)CC2)nc1C.Cl. The van der Waals surface area contributed by atoms with E-state index in [9.17, 15) is 8.42 Å². The fraction of sp³-hybridized carbons (Fsp3) is 0.800. The third kappa shape index (κ3) is 4.26. The highest BCUT2D eigenvalue weighted by atomic mass is 35.5. The average molecular weight is 363 g/mol. The fourth-order valence-corrected chi connectivity index (χ4v) is 4.48. The summed E-state index contributed by atoms with van der Waals surface area (Å²) in [5, 5.41) is 3.77. The van der Waals surface area contributed by atoms with Crippen LogP contribution in [0.25, 0.3) is 0 Å². The molecule has 0 spiro atoms. The van der Waals surface area contributed by atoms with E-state index >= 15 is 0 Å². The highest BCUT2D eigenvalue weighted by molar-refractivity contribution is 7.89. The number of imidazole rings is 1. The molecule has 0 unspecified atom stereocenters. The molecule has 1 aromatic rings. The Hall–Kier alpha value is -0.630. The van der Waals surface area contributed by atoms with Gasteiger partial charge in [0.15, 0.2) is 5.03 Å². The van der Waals surface area contributed by atoms with Crippen molar-refractivity contribution in [3.05, 3.63) is 12.0 Å². The van der Waals surface area contributed by atoms with Crippen LogP contribution in [0.5, 0.6) is 0 Å². The van der Waals surface area contributed by atoms with E-state index in [-0.39, 0.29) is 17.4 Å². The van der Waals surface area contributed by atoms with Gasteiger partial charge in [0.25, 0.3) is 10.0 Å². The summed E-state index contributed by atoms with van der Waals surface area (Å²) >= 11 is 0. The minimum atomic E-state index is -3.44. The number of sulfonamides is 1. The van der Waals surface area contributed by atoms with Gasteiger partial charge < -0.3 is 9.88 Å². The molecule has 0 aromatic carbocycles. The van der Waals surface area contributed by atoms with Gasteiger partial charge in [0, 0.05) is 31.9 Å². The summed E-state index contributed by atoms with van der Waals surface area (Å²) in [6.07, 6.45) is 6.13. The van der Waals surface area contributed by atoms with Crippen molar-refractivity contribution >= 4 is 22.4 Å². The van der Waals surface area contributed by atoms with Crippen LogP contribution in [-0.2, 0) is 16.6 Å². The van der Waals surface area contributed by atoms with Crippen LogP contribution in [0, 0.1) is 12.8 Å². The monoisotopic (exact) mass is 362 g/mol. The molecule has 2 heterocycles. The largest absolute Gasteiger partial charge is 0.334 e. The van der Waals surface area contributed by atoms with Crippen molar-refractivity contribution in [2.75, 3.05) is 19.6 Å². The van der Waals surface area contributed by atoms with E-state index in [1.54, 1.807) is 10.5 Å². The first-order chi connectivity index (χ1) is 10.5. The molecule has 8 heteroatoms. The lowest BCUT2D eigenvalue weighted by molar-refractivity contribution is 0.287. The van der Waals surface area contributed by atoms with Gasteiger partial charge >= 0.3 is 0 Å². The second-order valence-electron chi connectivity index (χ2n) is 6.44. The topological polar surface area (TPSA) is 67.2 Å². The molecule has 0 atom stereocenters. The third-order valence-corrected chi connectivity index (χ3v) is 6.52. The van der Waals surface area contributed by atoms with Crippen molar-refractivity contribution < 1.29 is 8.42 Å². The quantitative estimate of drug-likeness (QED) is 0.837. The van der Waals surface area contributed by atoms with Crippen LogP contribution in [-0.4, -0.2) is 48.0 Å². The van der Waals surface area contributed by atoms with Crippen LogP contribution in [0.2, 0.25) is 0 Å². The minimum Gasteiger partial charge on any atom is -0.334 e. The smallest absolute Gasteiger partial charge is 0.262 e. The Balaban J connectivity index is 0.00000192. The normalized spacial score (nSPS) is 20.4. The summed E-state index contributed by atoms with van der Waals surface area (Å²) in [4.78, 5) is 4.23. The molecular formula is C15H27ClN4O2S. The van der Waals surface area contributed by atoms with E-state index in [1.165, 1.54) is 12.8 Å². The van der Waals surface area contributed by atoms with Gasteiger partial charge in [-0.1, -0.05) is 0 Å². The van der Waals surface area contributed by atoms with Gasteiger partial charge in [-0.3, -0.25) is 0 Å². The van der Waals surface area contributed by atoms with Crippen LogP contribution in [0.4, 0.5) is 0 Å². The summed E-state index contributed by atoms with van der Waals surface area (Å²) in [7, 11) is -3.44. The molecule has 3 rings (SSSR count). The molecule has 0 amide bonds. The highest BCUT2D eigenvalue weighted by Crippen LogP contribution is 2.28. The molecule has 2 aliphatic rings. The summed E-state index contributed by atoms with van der Waals surface area (Å²) < 4.78 is 28.8. The van der Waals surface area contributed by atoms with Crippen molar-refractivity contribution in [1.29, 1.82) is 0 Å². The zero-order valence-electron chi connectivity index (χ0n) is 13.9. The van der Waals surface area contributed by atoms with Gasteiger partial charge in [-0.2, -0.15) is 4.31 Å². The fourth-order valence-electron chi connectivity index (χ4n) is 3.01. The average Bonchev–Trinajstić information content (AvgIpc) is 3.26. The zero-order chi connectivity index (χ0) is 15.7. The number of rotatable bonds is 6. The molecule has 1 N–H and O–H groups in total. The molecule has 2 fully saturated rings. The summed E-state index contributed by atoms with van der Waals surface area (Å²) in [5.74, 6) is 1.62. The number of aryl methyl sites for hydroxylation is 2. The second-order valence-corrected chi connectivity index (χ2v) is 8.33. The lowest BCUT2D eigenvalue weighted by Gasteiger charge is -2.31. The van der Waals surface area contributed by atoms with Crippen molar-refractivity contribution in [1.82, 2.24) is 19.2 Å². The number of hydrogen-bond acceptors (Lipinski definition) is 4. The Kier molecular flexibility index (Phi) is 6.10. The van der Waals surface area contributed by atoms with Crippen molar-refractivity contribution in [2.24, 2.45) is 5.92 Å². The predicted octanol–water partition coefficient (Wildman–Crippen LogP) is 1.79. The summed E-state index contributed by atoms with van der Waals surface area (Å²) in [5.41, 5.74) is 0. The van der Waals surface area contributed by atoms with Gasteiger partial charge in [0.2, 0.25) is 0 Å².